The standard InChI is InChI=1S/C11H10N2O2S/c14-11(15)9-7-16-10(13-9)2-1-8-3-5-12-6-4-8/h3-7H,1-2H2,(H,14,15). The lowest BCUT2D eigenvalue weighted by atomic mass is 10.1. The molecule has 0 aliphatic carbocycles. The Hall–Kier alpha value is -1.75. The second-order valence-electron chi connectivity index (χ2n) is 3.29. The van der Waals surface area contributed by atoms with Crippen LogP contribution in [0.4, 0.5) is 0 Å². The van der Waals surface area contributed by atoms with Crippen molar-refractivity contribution in [3.63, 3.8) is 0 Å². The van der Waals surface area contributed by atoms with Crippen LogP contribution in [0.2, 0.25) is 0 Å². The Labute approximate surface area is 96.6 Å². The molecule has 1 N–H and O–H groups in total. The molecule has 0 aromatic carbocycles. The van der Waals surface area contributed by atoms with Crippen LogP contribution in [0, 0.1) is 0 Å². The Morgan fingerprint density at radius 2 is 2.06 bits per heavy atom. The van der Waals surface area contributed by atoms with Gasteiger partial charge < -0.3 is 5.11 Å². The van der Waals surface area contributed by atoms with Crippen LogP contribution in [-0.2, 0) is 12.8 Å². The second-order valence-corrected chi connectivity index (χ2v) is 4.23. The summed E-state index contributed by atoms with van der Waals surface area (Å²) in [5.74, 6) is -0.966. The third-order valence-corrected chi connectivity index (χ3v) is 3.06. The number of hydrogen-bond acceptors (Lipinski definition) is 4. The number of carbonyl (C=O) groups is 1. The number of aryl methyl sites for hydroxylation is 2. The Morgan fingerprint density at radius 1 is 1.31 bits per heavy atom. The molecular formula is C11H10N2O2S. The van der Waals surface area contributed by atoms with Crippen LogP contribution in [0.15, 0.2) is 29.9 Å². The van der Waals surface area contributed by atoms with Crippen molar-refractivity contribution in [1.82, 2.24) is 9.97 Å². The minimum absolute atomic E-state index is 0.134. The number of aromatic nitrogens is 2. The molecule has 2 heterocycles. The minimum Gasteiger partial charge on any atom is -0.476 e. The van der Waals surface area contributed by atoms with Crippen LogP contribution in [0.1, 0.15) is 21.1 Å². The maximum atomic E-state index is 10.6. The lowest BCUT2D eigenvalue weighted by molar-refractivity contribution is 0.0691. The number of aromatic carboxylic acids is 1. The third kappa shape index (κ3) is 2.64. The Balaban J connectivity index is 1.97. The maximum absolute atomic E-state index is 10.6. The lowest BCUT2D eigenvalue weighted by Gasteiger charge is -1.97. The van der Waals surface area contributed by atoms with E-state index in [1.54, 1.807) is 17.8 Å². The Morgan fingerprint density at radius 3 is 2.69 bits per heavy atom. The molecule has 82 valence electrons. The summed E-state index contributed by atoms with van der Waals surface area (Å²) in [6.45, 7) is 0. The van der Waals surface area contributed by atoms with Crippen LogP contribution in [0.3, 0.4) is 0 Å². The molecule has 0 bridgehead atoms. The quantitative estimate of drug-likeness (QED) is 0.879. The summed E-state index contributed by atoms with van der Waals surface area (Å²) in [7, 11) is 0. The molecule has 2 aromatic heterocycles. The van der Waals surface area contributed by atoms with Crippen LogP contribution < -0.4 is 0 Å². The Bertz CT molecular complexity index is 482. The van der Waals surface area contributed by atoms with Gasteiger partial charge in [0, 0.05) is 24.2 Å². The van der Waals surface area contributed by atoms with Crippen LogP contribution in [-0.4, -0.2) is 21.0 Å². The van der Waals surface area contributed by atoms with E-state index in [2.05, 4.69) is 9.97 Å². The van der Waals surface area contributed by atoms with E-state index in [0.717, 1.165) is 17.8 Å². The molecule has 0 amide bonds. The number of thiazole rings is 1. The van der Waals surface area contributed by atoms with Gasteiger partial charge in [0.1, 0.15) is 0 Å². The summed E-state index contributed by atoms with van der Waals surface area (Å²) in [4.78, 5) is 18.6. The molecule has 2 rings (SSSR count). The first kappa shape index (κ1) is 10.8. The first-order valence-electron chi connectivity index (χ1n) is 4.82. The average Bonchev–Trinajstić information content (AvgIpc) is 2.76. The molecule has 2 aromatic rings. The van der Waals surface area contributed by atoms with Gasteiger partial charge in [0.15, 0.2) is 5.69 Å². The number of nitrogens with zero attached hydrogens (tertiary/aromatic N) is 2. The average molecular weight is 234 g/mol. The predicted molar refractivity (Wildman–Crippen MR) is 60.7 cm³/mol. The molecule has 0 aliphatic rings. The topological polar surface area (TPSA) is 63.1 Å². The van der Waals surface area contributed by atoms with Gasteiger partial charge in [-0.05, 0) is 24.1 Å². The van der Waals surface area contributed by atoms with Crippen molar-refractivity contribution in [2.75, 3.05) is 0 Å². The SMILES string of the molecule is O=C(O)c1csc(CCc2ccncc2)n1. The number of rotatable bonds is 4. The fraction of sp³-hybridized carbons (Fsp3) is 0.182. The normalized spacial score (nSPS) is 10.2. The van der Waals surface area contributed by atoms with E-state index in [4.69, 9.17) is 5.11 Å². The lowest BCUT2D eigenvalue weighted by Crippen LogP contribution is -1.97. The zero-order valence-corrected chi connectivity index (χ0v) is 9.28. The monoisotopic (exact) mass is 234 g/mol. The van der Waals surface area contributed by atoms with E-state index in [1.165, 1.54) is 16.9 Å². The molecule has 0 saturated heterocycles. The molecule has 0 aliphatic heterocycles. The van der Waals surface area contributed by atoms with E-state index >= 15 is 0 Å². The zero-order chi connectivity index (χ0) is 11.4. The number of carboxylic acids is 1. The second kappa shape index (κ2) is 4.85. The molecule has 5 heteroatoms. The van der Waals surface area contributed by atoms with Crippen LogP contribution >= 0.6 is 11.3 Å². The highest BCUT2D eigenvalue weighted by molar-refractivity contribution is 7.09. The largest absolute Gasteiger partial charge is 0.476 e. The molecular weight excluding hydrogens is 224 g/mol. The number of pyridine rings is 1. The van der Waals surface area contributed by atoms with Gasteiger partial charge in [0.05, 0.1) is 5.01 Å². The van der Waals surface area contributed by atoms with Gasteiger partial charge in [-0.3, -0.25) is 4.98 Å². The van der Waals surface area contributed by atoms with Crippen molar-refractivity contribution in [3.05, 3.63) is 46.2 Å². The molecule has 0 radical (unpaired) electrons. The van der Waals surface area contributed by atoms with Crippen LogP contribution in [0.25, 0.3) is 0 Å². The molecule has 0 saturated carbocycles. The van der Waals surface area contributed by atoms with Crippen molar-refractivity contribution >= 4 is 17.3 Å². The zero-order valence-electron chi connectivity index (χ0n) is 8.46. The van der Waals surface area contributed by atoms with Crippen LogP contribution in [0.5, 0.6) is 0 Å². The predicted octanol–water partition coefficient (Wildman–Crippen LogP) is 2.02. The smallest absolute Gasteiger partial charge is 0.355 e. The summed E-state index contributed by atoms with van der Waals surface area (Å²) in [5.41, 5.74) is 1.32. The van der Waals surface area contributed by atoms with Gasteiger partial charge in [0.2, 0.25) is 0 Å². The fourth-order valence-corrected chi connectivity index (χ4v) is 2.10. The highest BCUT2D eigenvalue weighted by atomic mass is 32.1. The minimum atomic E-state index is -0.966. The molecule has 0 spiro atoms. The fourth-order valence-electron chi connectivity index (χ4n) is 1.32. The Kier molecular flexibility index (Phi) is 3.26. The van der Waals surface area contributed by atoms with Crippen molar-refractivity contribution < 1.29 is 9.90 Å². The van der Waals surface area contributed by atoms with Gasteiger partial charge in [-0.25, -0.2) is 9.78 Å². The van der Waals surface area contributed by atoms with E-state index in [1.807, 2.05) is 12.1 Å². The van der Waals surface area contributed by atoms with E-state index < -0.39 is 5.97 Å². The van der Waals surface area contributed by atoms with E-state index in [0.29, 0.717) is 0 Å². The highest BCUT2D eigenvalue weighted by Crippen LogP contribution is 2.12. The molecule has 16 heavy (non-hydrogen) atoms. The van der Waals surface area contributed by atoms with Crippen molar-refractivity contribution in [3.8, 4) is 0 Å². The van der Waals surface area contributed by atoms with Crippen molar-refractivity contribution in [1.29, 1.82) is 0 Å². The molecule has 0 atom stereocenters. The summed E-state index contributed by atoms with van der Waals surface area (Å²) in [6.07, 6.45) is 5.12. The summed E-state index contributed by atoms with van der Waals surface area (Å²) in [6, 6.07) is 3.90. The van der Waals surface area contributed by atoms with Gasteiger partial charge >= 0.3 is 5.97 Å². The number of hydrogen-bond donors (Lipinski definition) is 1. The first-order valence-corrected chi connectivity index (χ1v) is 5.70. The van der Waals surface area contributed by atoms with E-state index in [-0.39, 0.29) is 5.69 Å². The molecule has 0 unspecified atom stereocenters. The van der Waals surface area contributed by atoms with Gasteiger partial charge in [-0.15, -0.1) is 11.3 Å². The van der Waals surface area contributed by atoms with E-state index in [9.17, 15) is 4.79 Å². The van der Waals surface area contributed by atoms with Crippen molar-refractivity contribution in [2.45, 2.75) is 12.8 Å². The molecule has 4 nitrogen and oxygen atoms in total. The van der Waals surface area contributed by atoms with Crippen molar-refractivity contribution in [2.24, 2.45) is 0 Å². The summed E-state index contributed by atoms with van der Waals surface area (Å²) < 4.78 is 0. The third-order valence-electron chi connectivity index (χ3n) is 2.15. The van der Waals surface area contributed by atoms with Gasteiger partial charge in [-0.2, -0.15) is 0 Å². The summed E-state index contributed by atoms with van der Waals surface area (Å²) in [5, 5.41) is 11.1. The maximum Gasteiger partial charge on any atom is 0.355 e. The highest BCUT2D eigenvalue weighted by Gasteiger charge is 2.08. The van der Waals surface area contributed by atoms with Gasteiger partial charge in [-0.1, -0.05) is 0 Å². The van der Waals surface area contributed by atoms with Gasteiger partial charge in [0.25, 0.3) is 0 Å². The summed E-state index contributed by atoms with van der Waals surface area (Å²) >= 11 is 1.39. The molecule has 0 fully saturated rings. The first-order chi connectivity index (χ1) is 7.75. The number of carboxylic acid groups (broad SMARTS) is 1.